The smallest absolute Gasteiger partial charge is 0.316 e. The van der Waals surface area contributed by atoms with E-state index < -0.39 is 17.7 Å². The lowest BCUT2D eigenvalue weighted by Gasteiger charge is -2.10. The Morgan fingerprint density at radius 3 is 2.64 bits per heavy atom. The van der Waals surface area contributed by atoms with E-state index in [-0.39, 0.29) is 22.6 Å². The standard InChI is InChI=1S/C21H15N9O3/c22-9-12-10-26-30(16-3-1-2-6-25-16)20(12)29-28-17-14-5-4-13(27-21(24)33)7-11(14)8-15(18(17)31)19(23)32/h1-8,10,31H,(H2,23,32)(H3,24,27,33). The Balaban J connectivity index is 1.90. The molecule has 12 heteroatoms. The molecule has 0 saturated heterocycles. The number of benzene rings is 2. The molecule has 33 heavy (non-hydrogen) atoms. The molecule has 0 fully saturated rings. The predicted octanol–water partition coefficient (Wildman–Crippen LogP) is 3.00. The summed E-state index contributed by atoms with van der Waals surface area (Å²) in [5.41, 5.74) is 10.8. The SMILES string of the molecule is N#Cc1cnn(-c2ccccn2)c1N=Nc1c(O)c(C(N)=O)cc2cc(NC(N)=O)ccc12. The number of anilines is 1. The first-order valence-electron chi connectivity index (χ1n) is 9.36. The predicted molar refractivity (Wildman–Crippen MR) is 118 cm³/mol. The molecule has 0 radical (unpaired) electrons. The van der Waals surface area contributed by atoms with Gasteiger partial charge in [0.15, 0.2) is 17.4 Å². The summed E-state index contributed by atoms with van der Waals surface area (Å²) in [6.45, 7) is 0. The number of primary amides is 2. The molecule has 0 unspecified atom stereocenters. The fraction of sp³-hybridized carbons (Fsp3) is 0. The zero-order chi connectivity index (χ0) is 23.5. The van der Waals surface area contributed by atoms with E-state index in [4.69, 9.17) is 11.5 Å². The van der Waals surface area contributed by atoms with Crippen molar-refractivity contribution in [2.24, 2.45) is 21.7 Å². The van der Waals surface area contributed by atoms with E-state index in [1.165, 1.54) is 29.1 Å². The molecule has 0 aliphatic carbocycles. The number of azo groups is 1. The van der Waals surface area contributed by atoms with Gasteiger partial charge in [-0.05, 0) is 41.8 Å². The first-order chi connectivity index (χ1) is 15.9. The number of nitrogens with one attached hydrogen (secondary N) is 1. The molecular weight excluding hydrogens is 426 g/mol. The Labute approximate surface area is 185 Å². The number of fused-ring (bicyclic) bond motifs is 1. The van der Waals surface area contributed by atoms with Crippen molar-refractivity contribution < 1.29 is 14.7 Å². The third-order valence-electron chi connectivity index (χ3n) is 4.59. The average Bonchev–Trinajstić information content (AvgIpc) is 3.21. The van der Waals surface area contributed by atoms with Gasteiger partial charge in [-0.25, -0.2) is 9.78 Å². The zero-order valence-electron chi connectivity index (χ0n) is 16.8. The van der Waals surface area contributed by atoms with Crippen LogP contribution in [0.15, 0.2) is 65.1 Å². The molecule has 3 amide bonds. The van der Waals surface area contributed by atoms with E-state index in [2.05, 4.69) is 25.6 Å². The summed E-state index contributed by atoms with van der Waals surface area (Å²) in [7, 11) is 0. The number of urea groups is 1. The van der Waals surface area contributed by atoms with E-state index in [0.29, 0.717) is 22.3 Å². The first-order valence-corrected chi connectivity index (χ1v) is 9.36. The number of phenols is 1. The largest absolute Gasteiger partial charge is 0.505 e. The quantitative estimate of drug-likeness (QED) is 0.343. The lowest BCUT2D eigenvalue weighted by atomic mass is 10.0. The number of aromatic hydroxyl groups is 1. The van der Waals surface area contributed by atoms with Crippen molar-refractivity contribution in [1.29, 1.82) is 5.26 Å². The Morgan fingerprint density at radius 1 is 1.15 bits per heavy atom. The minimum absolute atomic E-state index is 0.0652. The van der Waals surface area contributed by atoms with Crippen LogP contribution in [0.4, 0.5) is 22.0 Å². The van der Waals surface area contributed by atoms with Gasteiger partial charge in [0.25, 0.3) is 5.91 Å². The third kappa shape index (κ3) is 4.01. The van der Waals surface area contributed by atoms with Gasteiger partial charge in [-0.2, -0.15) is 15.0 Å². The summed E-state index contributed by atoms with van der Waals surface area (Å²) in [6.07, 6.45) is 2.86. The molecular formula is C21H15N9O3. The number of aromatic nitrogens is 3. The highest BCUT2D eigenvalue weighted by Gasteiger charge is 2.18. The Bertz CT molecular complexity index is 1470. The second-order valence-corrected chi connectivity index (χ2v) is 6.70. The number of carbonyl (C=O) groups is 2. The number of nitrogens with zero attached hydrogens (tertiary/aromatic N) is 6. The van der Waals surface area contributed by atoms with Crippen molar-refractivity contribution in [3.05, 3.63) is 66.0 Å². The molecule has 4 rings (SSSR count). The summed E-state index contributed by atoms with van der Waals surface area (Å²) in [4.78, 5) is 27.2. The summed E-state index contributed by atoms with van der Waals surface area (Å²) in [5.74, 6) is -0.914. The molecule has 162 valence electrons. The topological polar surface area (TPSA) is 198 Å². The number of hydrogen-bond acceptors (Lipinski definition) is 8. The van der Waals surface area contributed by atoms with Gasteiger partial charge < -0.3 is 21.9 Å². The molecule has 0 aliphatic heterocycles. The first kappa shape index (κ1) is 20.9. The maximum Gasteiger partial charge on any atom is 0.316 e. The van der Waals surface area contributed by atoms with Crippen LogP contribution in [-0.4, -0.2) is 31.8 Å². The number of rotatable bonds is 5. The number of nitriles is 1. The average molecular weight is 441 g/mol. The van der Waals surface area contributed by atoms with Gasteiger partial charge in [-0.15, -0.1) is 10.2 Å². The van der Waals surface area contributed by atoms with Crippen LogP contribution in [-0.2, 0) is 0 Å². The number of carbonyl (C=O) groups excluding carboxylic acids is 2. The van der Waals surface area contributed by atoms with E-state index in [0.717, 1.165) is 0 Å². The molecule has 0 spiro atoms. The van der Waals surface area contributed by atoms with Crippen LogP contribution >= 0.6 is 0 Å². The third-order valence-corrected chi connectivity index (χ3v) is 4.59. The molecule has 6 N–H and O–H groups in total. The van der Waals surface area contributed by atoms with Crippen LogP contribution in [0.1, 0.15) is 15.9 Å². The summed E-state index contributed by atoms with van der Waals surface area (Å²) >= 11 is 0. The Morgan fingerprint density at radius 2 is 1.97 bits per heavy atom. The molecule has 12 nitrogen and oxygen atoms in total. The van der Waals surface area contributed by atoms with Gasteiger partial charge >= 0.3 is 6.03 Å². The maximum absolute atomic E-state index is 11.9. The molecule has 0 aliphatic rings. The van der Waals surface area contributed by atoms with Crippen LogP contribution in [0.25, 0.3) is 16.6 Å². The van der Waals surface area contributed by atoms with Crippen molar-refractivity contribution in [1.82, 2.24) is 14.8 Å². The van der Waals surface area contributed by atoms with Gasteiger partial charge in [-0.3, -0.25) is 4.79 Å². The number of amides is 3. The lowest BCUT2D eigenvalue weighted by Crippen LogP contribution is -2.19. The van der Waals surface area contributed by atoms with E-state index >= 15 is 0 Å². The van der Waals surface area contributed by atoms with Crippen molar-refractivity contribution in [3.63, 3.8) is 0 Å². The molecule has 2 aromatic carbocycles. The Kier molecular flexibility index (Phi) is 5.35. The molecule has 0 saturated carbocycles. The summed E-state index contributed by atoms with van der Waals surface area (Å²) < 4.78 is 1.31. The minimum atomic E-state index is -0.893. The highest BCUT2D eigenvalue weighted by Crippen LogP contribution is 2.40. The summed E-state index contributed by atoms with van der Waals surface area (Å²) in [5, 5.41) is 35.7. The second kappa shape index (κ2) is 8.44. The van der Waals surface area contributed by atoms with Crippen molar-refractivity contribution in [3.8, 4) is 17.6 Å². The lowest BCUT2D eigenvalue weighted by molar-refractivity contribution is 0.0998. The fourth-order valence-corrected chi connectivity index (χ4v) is 3.15. The van der Waals surface area contributed by atoms with Crippen molar-refractivity contribution in [2.45, 2.75) is 0 Å². The monoisotopic (exact) mass is 441 g/mol. The molecule has 4 aromatic rings. The normalized spacial score (nSPS) is 10.9. The molecule has 2 heterocycles. The number of nitrogens with two attached hydrogens (primary N) is 2. The highest BCUT2D eigenvalue weighted by molar-refractivity contribution is 6.07. The molecule has 0 bridgehead atoms. The van der Waals surface area contributed by atoms with Gasteiger partial charge in [0.05, 0.1) is 11.8 Å². The fourth-order valence-electron chi connectivity index (χ4n) is 3.15. The van der Waals surface area contributed by atoms with E-state index in [9.17, 15) is 20.0 Å². The van der Waals surface area contributed by atoms with E-state index in [1.54, 1.807) is 30.5 Å². The van der Waals surface area contributed by atoms with E-state index in [1.807, 2.05) is 6.07 Å². The zero-order valence-corrected chi connectivity index (χ0v) is 16.8. The maximum atomic E-state index is 11.9. The Hall–Kier alpha value is -5.31. The molecule has 2 aromatic heterocycles. The van der Waals surface area contributed by atoms with Crippen LogP contribution in [0.2, 0.25) is 0 Å². The van der Waals surface area contributed by atoms with Crippen LogP contribution in [0.3, 0.4) is 0 Å². The van der Waals surface area contributed by atoms with Crippen molar-refractivity contribution in [2.75, 3.05) is 5.32 Å². The second-order valence-electron chi connectivity index (χ2n) is 6.70. The van der Waals surface area contributed by atoms with Gasteiger partial charge in [0.1, 0.15) is 17.3 Å². The van der Waals surface area contributed by atoms with Crippen LogP contribution < -0.4 is 16.8 Å². The van der Waals surface area contributed by atoms with Gasteiger partial charge in [0, 0.05) is 17.3 Å². The highest BCUT2D eigenvalue weighted by atomic mass is 16.3. The minimum Gasteiger partial charge on any atom is -0.505 e. The van der Waals surface area contributed by atoms with Crippen LogP contribution in [0, 0.1) is 11.3 Å². The number of pyridine rings is 1. The molecule has 0 atom stereocenters. The van der Waals surface area contributed by atoms with Crippen LogP contribution in [0.5, 0.6) is 5.75 Å². The van der Waals surface area contributed by atoms with Gasteiger partial charge in [0.2, 0.25) is 0 Å². The number of hydrogen-bond donors (Lipinski definition) is 4. The summed E-state index contributed by atoms with van der Waals surface area (Å²) in [6, 6.07) is 12.3. The van der Waals surface area contributed by atoms with Gasteiger partial charge in [-0.1, -0.05) is 6.07 Å². The van der Waals surface area contributed by atoms with Crippen molar-refractivity contribution >= 4 is 39.9 Å².